The highest BCUT2D eigenvalue weighted by Crippen LogP contribution is 2.28. The lowest BCUT2D eigenvalue weighted by Crippen LogP contribution is -1.94. The van der Waals surface area contributed by atoms with E-state index < -0.39 is 0 Å². The van der Waals surface area contributed by atoms with Crippen molar-refractivity contribution in [3.63, 3.8) is 0 Å². The summed E-state index contributed by atoms with van der Waals surface area (Å²) in [7, 11) is 0. The van der Waals surface area contributed by atoms with Crippen LogP contribution in [0.3, 0.4) is 0 Å². The lowest BCUT2D eigenvalue weighted by Gasteiger charge is -2.03. The van der Waals surface area contributed by atoms with Gasteiger partial charge in [0, 0.05) is 11.1 Å². The fourth-order valence-corrected chi connectivity index (χ4v) is 2.08. The Morgan fingerprint density at radius 3 is 2.20 bits per heavy atom. The summed E-state index contributed by atoms with van der Waals surface area (Å²) in [6.45, 7) is 0. The SMILES string of the molecule is O=c1ccccc(-c2ccc(-c3ccco3)cc2)c1O. The maximum atomic E-state index is 11.6. The van der Waals surface area contributed by atoms with E-state index in [2.05, 4.69) is 0 Å². The molecule has 3 rings (SSSR count). The van der Waals surface area contributed by atoms with Crippen molar-refractivity contribution in [1.29, 1.82) is 0 Å². The molecule has 1 heterocycles. The van der Waals surface area contributed by atoms with E-state index in [4.69, 9.17) is 4.42 Å². The zero-order valence-electron chi connectivity index (χ0n) is 10.6. The Labute approximate surface area is 115 Å². The van der Waals surface area contributed by atoms with Gasteiger partial charge in [0.15, 0.2) is 5.75 Å². The molecule has 0 saturated heterocycles. The van der Waals surface area contributed by atoms with Crippen LogP contribution in [0.5, 0.6) is 5.75 Å². The molecule has 20 heavy (non-hydrogen) atoms. The summed E-state index contributed by atoms with van der Waals surface area (Å²) in [6, 6.07) is 17.6. The monoisotopic (exact) mass is 264 g/mol. The topological polar surface area (TPSA) is 50.4 Å². The van der Waals surface area contributed by atoms with Crippen LogP contribution in [0.2, 0.25) is 0 Å². The summed E-state index contributed by atoms with van der Waals surface area (Å²) in [5.74, 6) is 0.546. The molecule has 0 unspecified atom stereocenters. The van der Waals surface area contributed by atoms with Crippen molar-refractivity contribution in [2.45, 2.75) is 0 Å². The first-order valence-electron chi connectivity index (χ1n) is 6.22. The number of hydrogen-bond donors (Lipinski definition) is 1. The third-order valence-corrected chi connectivity index (χ3v) is 3.11. The number of rotatable bonds is 2. The van der Waals surface area contributed by atoms with Crippen LogP contribution in [0.15, 0.2) is 76.1 Å². The lowest BCUT2D eigenvalue weighted by atomic mass is 10.0. The molecule has 0 amide bonds. The molecule has 0 bridgehead atoms. The molecule has 0 aliphatic heterocycles. The Hall–Kier alpha value is -2.81. The Morgan fingerprint density at radius 2 is 1.50 bits per heavy atom. The van der Waals surface area contributed by atoms with Gasteiger partial charge in [0.05, 0.1) is 6.26 Å². The number of aromatic hydroxyl groups is 1. The van der Waals surface area contributed by atoms with Gasteiger partial charge < -0.3 is 9.52 Å². The molecule has 1 aromatic heterocycles. The van der Waals surface area contributed by atoms with Crippen LogP contribution in [0, 0.1) is 0 Å². The summed E-state index contributed by atoms with van der Waals surface area (Å²) in [5.41, 5.74) is 1.86. The fourth-order valence-electron chi connectivity index (χ4n) is 2.08. The minimum absolute atomic E-state index is 0.235. The second-order valence-corrected chi connectivity index (χ2v) is 4.40. The number of benzene rings is 1. The smallest absolute Gasteiger partial charge is 0.220 e. The molecule has 0 spiro atoms. The molecule has 0 aliphatic carbocycles. The van der Waals surface area contributed by atoms with Crippen LogP contribution in [0.25, 0.3) is 22.5 Å². The summed E-state index contributed by atoms with van der Waals surface area (Å²) in [4.78, 5) is 11.6. The van der Waals surface area contributed by atoms with E-state index in [0.29, 0.717) is 5.56 Å². The second kappa shape index (κ2) is 5.05. The number of hydrogen-bond acceptors (Lipinski definition) is 3. The molecule has 0 saturated carbocycles. The molecule has 0 radical (unpaired) electrons. The highest BCUT2D eigenvalue weighted by molar-refractivity contribution is 5.72. The van der Waals surface area contributed by atoms with Crippen molar-refractivity contribution in [3.05, 3.63) is 77.2 Å². The third kappa shape index (κ3) is 2.21. The Balaban J connectivity index is 2.07. The summed E-state index contributed by atoms with van der Waals surface area (Å²) in [5, 5.41) is 9.93. The van der Waals surface area contributed by atoms with Gasteiger partial charge in [0.2, 0.25) is 5.43 Å². The van der Waals surface area contributed by atoms with Gasteiger partial charge in [0.25, 0.3) is 0 Å². The average Bonchev–Trinajstić information content (AvgIpc) is 2.95. The summed E-state index contributed by atoms with van der Waals surface area (Å²) < 4.78 is 5.32. The highest BCUT2D eigenvalue weighted by Gasteiger charge is 2.07. The van der Waals surface area contributed by atoms with E-state index in [-0.39, 0.29) is 11.2 Å². The predicted molar refractivity (Wildman–Crippen MR) is 77.5 cm³/mol. The van der Waals surface area contributed by atoms with Crippen LogP contribution in [0.1, 0.15) is 0 Å². The third-order valence-electron chi connectivity index (χ3n) is 3.11. The first kappa shape index (κ1) is 12.2. The van der Waals surface area contributed by atoms with Gasteiger partial charge in [0.1, 0.15) is 5.76 Å². The van der Waals surface area contributed by atoms with Gasteiger partial charge in [-0.25, -0.2) is 0 Å². The maximum absolute atomic E-state index is 11.6. The van der Waals surface area contributed by atoms with Crippen molar-refractivity contribution in [2.24, 2.45) is 0 Å². The van der Waals surface area contributed by atoms with Crippen molar-refractivity contribution in [3.8, 4) is 28.2 Å². The minimum atomic E-state index is -0.389. The molecule has 2 aromatic carbocycles. The van der Waals surface area contributed by atoms with Gasteiger partial charge in [-0.1, -0.05) is 42.5 Å². The van der Waals surface area contributed by atoms with Crippen LogP contribution in [-0.2, 0) is 0 Å². The molecule has 3 heteroatoms. The van der Waals surface area contributed by atoms with E-state index in [1.165, 1.54) is 6.07 Å². The quantitative estimate of drug-likeness (QED) is 0.768. The van der Waals surface area contributed by atoms with Gasteiger partial charge in [-0.15, -0.1) is 0 Å². The molecular weight excluding hydrogens is 252 g/mol. The Bertz CT molecular complexity index is 772. The van der Waals surface area contributed by atoms with E-state index in [1.54, 1.807) is 24.5 Å². The summed E-state index contributed by atoms with van der Waals surface area (Å²) in [6.07, 6.45) is 1.62. The molecule has 3 aromatic rings. The lowest BCUT2D eigenvalue weighted by molar-refractivity contribution is 0.473. The highest BCUT2D eigenvalue weighted by atomic mass is 16.3. The van der Waals surface area contributed by atoms with Gasteiger partial charge in [-0.05, 0) is 23.8 Å². The zero-order valence-corrected chi connectivity index (χ0v) is 10.6. The summed E-state index contributed by atoms with van der Waals surface area (Å²) >= 11 is 0. The van der Waals surface area contributed by atoms with Crippen LogP contribution in [-0.4, -0.2) is 5.11 Å². The Morgan fingerprint density at radius 1 is 0.800 bits per heavy atom. The largest absolute Gasteiger partial charge is 0.504 e. The van der Waals surface area contributed by atoms with Crippen molar-refractivity contribution >= 4 is 0 Å². The van der Waals surface area contributed by atoms with Crippen LogP contribution in [0.4, 0.5) is 0 Å². The van der Waals surface area contributed by atoms with E-state index in [0.717, 1.165) is 16.9 Å². The first-order chi connectivity index (χ1) is 9.75. The molecule has 98 valence electrons. The second-order valence-electron chi connectivity index (χ2n) is 4.40. The predicted octanol–water partition coefficient (Wildman–Crippen LogP) is 3.68. The normalized spacial score (nSPS) is 10.4. The minimum Gasteiger partial charge on any atom is -0.504 e. The van der Waals surface area contributed by atoms with Crippen LogP contribution < -0.4 is 5.43 Å². The van der Waals surface area contributed by atoms with Gasteiger partial charge in [-0.2, -0.15) is 0 Å². The molecule has 1 N–H and O–H groups in total. The zero-order chi connectivity index (χ0) is 13.9. The molecule has 0 fully saturated rings. The van der Waals surface area contributed by atoms with Gasteiger partial charge >= 0.3 is 0 Å². The van der Waals surface area contributed by atoms with Crippen molar-refractivity contribution < 1.29 is 9.52 Å². The molecule has 0 atom stereocenters. The Kier molecular flexibility index (Phi) is 3.09. The van der Waals surface area contributed by atoms with E-state index in [1.807, 2.05) is 36.4 Å². The van der Waals surface area contributed by atoms with E-state index in [9.17, 15) is 9.90 Å². The standard InChI is InChI=1S/C17H12O3/c18-15-5-2-1-4-14(17(15)19)12-7-9-13(10-8-12)16-6-3-11-20-16/h1-11H,(H,18,19). The van der Waals surface area contributed by atoms with Crippen molar-refractivity contribution in [1.82, 2.24) is 0 Å². The van der Waals surface area contributed by atoms with Crippen molar-refractivity contribution in [2.75, 3.05) is 0 Å². The molecule has 3 nitrogen and oxygen atoms in total. The average molecular weight is 264 g/mol. The van der Waals surface area contributed by atoms with E-state index >= 15 is 0 Å². The first-order valence-corrected chi connectivity index (χ1v) is 6.22. The van der Waals surface area contributed by atoms with Gasteiger partial charge in [-0.3, -0.25) is 4.79 Å². The fraction of sp³-hybridized carbons (Fsp3) is 0. The molecular formula is C17H12O3. The maximum Gasteiger partial charge on any atom is 0.220 e. The molecule has 0 aliphatic rings. The number of furan rings is 1. The van der Waals surface area contributed by atoms with Crippen LogP contribution >= 0.6 is 0 Å².